The van der Waals surface area contributed by atoms with Gasteiger partial charge in [0.15, 0.2) is 0 Å². The molecule has 0 radical (unpaired) electrons. The average Bonchev–Trinajstić information content (AvgIpc) is 3.89. The number of halogens is 2. The number of nitrogens with zero attached hydrogens (tertiary/aromatic N) is 4. The summed E-state index contributed by atoms with van der Waals surface area (Å²) in [5, 5.41) is 3.93. The molecule has 2 aliphatic heterocycles. The molecule has 0 bridgehead atoms. The molecule has 2 aliphatic rings. The van der Waals surface area contributed by atoms with Crippen molar-refractivity contribution >= 4 is 22.1 Å². The van der Waals surface area contributed by atoms with Crippen LogP contribution in [0, 0.1) is 11.6 Å². The maximum atomic E-state index is 14.5. The molecule has 2 saturated heterocycles. The number of aromatic amines is 2. The molecule has 5 aromatic carbocycles. The molecular weight excluding hydrogens is 733 g/mol. The molecule has 3 N–H and O–H groups in total. The van der Waals surface area contributed by atoms with E-state index in [4.69, 9.17) is 14.5 Å². The first-order chi connectivity index (χ1) is 28.3. The molecule has 58 heavy (non-hydrogen) atoms. The lowest BCUT2D eigenvalue weighted by molar-refractivity contribution is -0.0276. The number of nitrogens with one attached hydrogen (secondary N) is 3. The van der Waals surface area contributed by atoms with E-state index in [2.05, 4.69) is 92.7 Å². The van der Waals surface area contributed by atoms with Crippen molar-refractivity contribution in [3.63, 3.8) is 0 Å². The maximum absolute atomic E-state index is 14.5. The molecule has 2 atom stereocenters. The number of hydrogen-bond acceptors (Lipinski definition) is 7. The molecule has 9 rings (SSSR count). The molecule has 2 unspecified atom stereocenters. The lowest BCUT2D eigenvalue weighted by Gasteiger charge is -2.32. The first-order valence-electron chi connectivity index (χ1n) is 20.2. The number of H-pyrrole nitrogens is 2. The van der Waals surface area contributed by atoms with E-state index in [1.165, 1.54) is 28.8 Å². The molecule has 0 spiro atoms. The molecule has 0 amide bonds. The van der Waals surface area contributed by atoms with Crippen molar-refractivity contribution < 1.29 is 18.3 Å². The van der Waals surface area contributed by atoms with Crippen molar-refractivity contribution in [3.05, 3.63) is 150 Å². The van der Waals surface area contributed by atoms with E-state index in [1.54, 1.807) is 7.11 Å². The van der Waals surface area contributed by atoms with Crippen molar-refractivity contribution in [1.29, 1.82) is 0 Å². The van der Waals surface area contributed by atoms with Gasteiger partial charge in [0.2, 0.25) is 0 Å². The molecule has 7 aromatic rings. The Bertz CT molecular complexity index is 2350. The van der Waals surface area contributed by atoms with Crippen LogP contribution in [0.15, 0.2) is 115 Å². The predicted molar refractivity (Wildman–Crippen MR) is 226 cm³/mol. The van der Waals surface area contributed by atoms with Gasteiger partial charge in [-0.25, -0.2) is 18.7 Å². The van der Waals surface area contributed by atoms with Crippen molar-refractivity contribution in [1.82, 2.24) is 35.1 Å². The number of aromatic nitrogens is 4. The highest BCUT2D eigenvalue weighted by atomic mass is 19.1. The van der Waals surface area contributed by atoms with Gasteiger partial charge in [-0.1, -0.05) is 60.7 Å². The fourth-order valence-electron chi connectivity index (χ4n) is 7.94. The third kappa shape index (κ3) is 9.29. The summed E-state index contributed by atoms with van der Waals surface area (Å²) in [4.78, 5) is 21.0. The van der Waals surface area contributed by atoms with Crippen LogP contribution >= 0.6 is 0 Å². The Balaban J connectivity index is 0.000000165. The highest BCUT2D eigenvalue weighted by Crippen LogP contribution is 2.33. The summed E-state index contributed by atoms with van der Waals surface area (Å²) >= 11 is 0. The summed E-state index contributed by atoms with van der Waals surface area (Å²) in [5.74, 6) is 1.15. The normalized spacial score (nSPS) is 16.9. The van der Waals surface area contributed by atoms with Gasteiger partial charge in [0.1, 0.15) is 35.1 Å². The second kappa shape index (κ2) is 18.0. The highest BCUT2D eigenvalue weighted by molar-refractivity contribution is 5.76. The summed E-state index contributed by atoms with van der Waals surface area (Å²) in [6.45, 7) is 4.11. The zero-order valence-corrected chi connectivity index (χ0v) is 33.3. The Morgan fingerprint density at radius 3 is 1.93 bits per heavy atom. The van der Waals surface area contributed by atoms with E-state index >= 15 is 0 Å². The van der Waals surface area contributed by atoms with E-state index in [0.717, 1.165) is 91.6 Å². The van der Waals surface area contributed by atoms with Crippen molar-refractivity contribution in [2.75, 3.05) is 47.4 Å². The number of ether oxygens (including phenoxy) is 2. The van der Waals surface area contributed by atoms with E-state index in [9.17, 15) is 8.78 Å². The largest absolute Gasteiger partial charge is 0.497 e. The molecule has 300 valence electrons. The predicted octanol–water partition coefficient (Wildman–Crippen LogP) is 9.05. The third-order valence-corrected chi connectivity index (χ3v) is 11.3. The fraction of sp³-hybridized carbons (Fsp3) is 0.319. The minimum absolute atomic E-state index is 0.00821. The van der Waals surface area contributed by atoms with E-state index in [0.29, 0.717) is 17.4 Å². The zero-order valence-electron chi connectivity index (χ0n) is 33.3. The summed E-state index contributed by atoms with van der Waals surface area (Å²) in [6.07, 6.45) is 3.34. The Morgan fingerprint density at radius 2 is 1.29 bits per heavy atom. The van der Waals surface area contributed by atoms with Gasteiger partial charge in [-0.3, -0.25) is 0 Å². The van der Waals surface area contributed by atoms with Gasteiger partial charge in [-0.2, -0.15) is 0 Å². The molecule has 0 aliphatic carbocycles. The number of fused-ring (bicyclic) bond motifs is 2. The quantitative estimate of drug-likeness (QED) is 0.128. The van der Waals surface area contributed by atoms with E-state index < -0.39 is 17.7 Å². The monoisotopic (exact) mass is 783 g/mol. The van der Waals surface area contributed by atoms with Crippen LogP contribution in [-0.4, -0.2) is 89.3 Å². The fourth-order valence-corrected chi connectivity index (χ4v) is 7.94. The van der Waals surface area contributed by atoms with Crippen molar-refractivity contribution in [3.8, 4) is 16.9 Å². The molecule has 0 saturated carbocycles. The SMILES string of the molecule is CN1CCC(OC(c2nc3ccccc3[nH]2)c2ccc(F)cc2F)CC1.COc1ccc(-c2cccc(C(NC3CCN(C)CC3)c3nc4ccccc4[nH]3)c2)cc1. The molecule has 2 fully saturated rings. The molecule has 11 heteroatoms. The van der Waals surface area contributed by atoms with Gasteiger partial charge < -0.3 is 34.6 Å². The number of likely N-dealkylation sites (tertiary alicyclic amines) is 2. The van der Waals surface area contributed by atoms with Crippen molar-refractivity contribution in [2.45, 2.75) is 50.0 Å². The number of hydrogen-bond donors (Lipinski definition) is 3. The Kier molecular flexibility index (Phi) is 12.2. The van der Waals surface area contributed by atoms with E-state index in [1.807, 2.05) is 48.5 Å². The van der Waals surface area contributed by atoms with E-state index in [-0.39, 0.29) is 12.1 Å². The lowest BCUT2D eigenvalue weighted by Crippen LogP contribution is -2.42. The topological polar surface area (TPSA) is 94.3 Å². The van der Waals surface area contributed by atoms with Gasteiger partial charge in [-0.15, -0.1) is 0 Å². The first-order valence-corrected chi connectivity index (χ1v) is 20.2. The summed E-state index contributed by atoms with van der Waals surface area (Å²) in [5.41, 5.74) is 7.62. The van der Waals surface area contributed by atoms with Crippen LogP contribution in [0.1, 0.15) is 60.6 Å². The summed E-state index contributed by atoms with van der Waals surface area (Å²) < 4.78 is 39.5. The Hall–Kier alpha value is -5.46. The number of rotatable bonds is 10. The number of para-hydroxylation sites is 4. The zero-order chi connectivity index (χ0) is 40.0. The summed E-state index contributed by atoms with van der Waals surface area (Å²) in [7, 11) is 5.97. The van der Waals surface area contributed by atoms with Gasteiger partial charge in [0.05, 0.1) is 41.3 Å². The van der Waals surface area contributed by atoms with Crippen LogP contribution in [0.3, 0.4) is 0 Å². The van der Waals surface area contributed by atoms with Crippen LogP contribution < -0.4 is 10.1 Å². The maximum Gasteiger partial charge on any atom is 0.143 e. The second-order valence-corrected chi connectivity index (χ2v) is 15.5. The Labute approximate surface area is 338 Å². The van der Waals surface area contributed by atoms with Gasteiger partial charge >= 0.3 is 0 Å². The second-order valence-electron chi connectivity index (χ2n) is 15.5. The molecular formula is C47H51F2N7O2. The van der Waals surface area contributed by atoms with Gasteiger partial charge in [0, 0.05) is 30.8 Å². The van der Waals surface area contributed by atoms with Crippen LogP contribution in [0.25, 0.3) is 33.2 Å². The Morgan fingerprint density at radius 1 is 0.672 bits per heavy atom. The number of piperidine rings is 2. The van der Waals surface area contributed by atoms with Crippen LogP contribution in [0.4, 0.5) is 8.78 Å². The minimum Gasteiger partial charge on any atom is -0.497 e. The van der Waals surface area contributed by atoms with Crippen LogP contribution in [-0.2, 0) is 4.74 Å². The summed E-state index contributed by atoms with van der Waals surface area (Å²) in [6, 6.07) is 37.0. The number of methoxy groups -OCH3 is 1. The van der Waals surface area contributed by atoms with Crippen molar-refractivity contribution in [2.24, 2.45) is 0 Å². The minimum atomic E-state index is -0.698. The van der Waals surface area contributed by atoms with Crippen LogP contribution in [0.5, 0.6) is 5.75 Å². The average molecular weight is 784 g/mol. The number of imidazole rings is 2. The third-order valence-electron chi connectivity index (χ3n) is 11.3. The molecule has 4 heterocycles. The van der Waals surface area contributed by atoms with Gasteiger partial charge in [0.25, 0.3) is 0 Å². The standard InChI is InChI=1S/C27H30N4O.C20H21F2N3O/c1-31-16-14-22(15-17-31)28-26(27-29-24-8-3-4-9-25(24)30-27)21-7-5-6-20(18-21)19-10-12-23(32-2)13-11-19;1-25-10-8-14(9-11-25)26-19(15-7-6-13(21)12-16(15)22)20-23-17-4-2-3-5-18(17)24-20/h3-13,18,22,26,28H,14-17H2,1-2H3,(H,29,30);2-7,12,14,19H,8-11H2,1H3,(H,23,24). The smallest absolute Gasteiger partial charge is 0.143 e. The lowest BCUT2D eigenvalue weighted by atomic mass is 9.97. The number of benzene rings is 5. The van der Waals surface area contributed by atoms with Gasteiger partial charge in [-0.05, 0) is 118 Å². The van der Waals surface area contributed by atoms with Crippen LogP contribution in [0.2, 0.25) is 0 Å². The molecule has 2 aromatic heterocycles. The first kappa shape index (κ1) is 39.4. The highest BCUT2D eigenvalue weighted by Gasteiger charge is 2.28. The molecule has 9 nitrogen and oxygen atoms in total.